The number of anilines is 1. The molecule has 0 radical (unpaired) electrons. The lowest BCUT2D eigenvalue weighted by Crippen LogP contribution is -2.28. The second-order valence-electron chi connectivity index (χ2n) is 5.35. The Morgan fingerprint density at radius 2 is 1.65 bits per heavy atom. The van der Waals surface area contributed by atoms with Gasteiger partial charge in [-0.1, -0.05) is 55.0 Å². The van der Waals surface area contributed by atoms with Crippen LogP contribution in [0.3, 0.4) is 0 Å². The molecule has 0 fully saturated rings. The third-order valence-corrected chi connectivity index (χ3v) is 3.53. The number of rotatable bonds is 5. The summed E-state index contributed by atoms with van der Waals surface area (Å²) in [6, 6.07) is 17.9. The van der Waals surface area contributed by atoms with Crippen LogP contribution in [-0.2, 0) is 0 Å². The van der Waals surface area contributed by atoms with Crippen molar-refractivity contribution in [2.75, 3.05) is 18.5 Å². The average Bonchev–Trinajstić information content (AvgIpc) is 2.48. The van der Waals surface area contributed by atoms with Crippen molar-refractivity contribution in [3.8, 4) is 0 Å². The monoisotopic (exact) mass is 267 g/mol. The Morgan fingerprint density at radius 3 is 2.25 bits per heavy atom. The Labute approximate surface area is 121 Å². The van der Waals surface area contributed by atoms with Gasteiger partial charge >= 0.3 is 0 Å². The van der Waals surface area contributed by atoms with Gasteiger partial charge in [0.15, 0.2) is 5.78 Å². The van der Waals surface area contributed by atoms with Gasteiger partial charge < -0.3 is 4.90 Å². The predicted octanol–water partition coefficient (Wildman–Crippen LogP) is 3.95. The summed E-state index contributed by atoms with van der Waals surface area (Å²) in [4.78, 5) is 14.5. The van der Waals surface area contributed by atoms with E-state index in [1.807, 2.05) is 44.3 Å². The van der Waals surface area contributed by atoms with Crippen LogP contribution in [0.2, 0.25) is 0 Å². The highest BCUT2D eigenvalue weighted by molar-refractivity contribution is 5.97. The first kappa shape index (κ1) is 14.3. The summed E-state index contributed by atoms with van der Waals surface area (Å²) >= 11 is 0. The van der Waals surface area contributed by atoms with Crippen LogP contribution in [-0.4, -0.2) is 19.4 Å². The quantitative estimate of drug-likeness (QED) is 0.764. The van der Waals surface area contributed by atoms with E-state index in [9.17, 15) is 4.79 Å². The third-order valence-electron chi connectivity index (χ3n) is 3.53. The second-order valence-corrected chi connectivity index (χ2v) is 5.35. The van der Waals surface area contributed by atoms with Gasteiger partial charge in [-0.3, -0.25) is 4.79 Å². The molecule has 2 nitrogen and oxygen atoms in total. The first-order valence-corrected chi connectivity index (χ1v) is 6.95. The van der Waals surface area contributed by atoms with Gasteiger partial charge in [0.1, 0.15) is 0 Å². The fourth-order valence-corrected chi connectivity index (χ4v) is 2.29. The van der Waals surface area contributed by atoms with Crippen LogP contribution in [0.15, 0.2) is 54.6 Å². The van der Waals surface area contributed by atoms with Gasteiger partial charge in [0.25, 0.3) is 0 Å². The standard InChI is InChI=1S/C18H21NO/c1-14-9-11-17(12-10-14)19(3)13-15(2)18(20)16-7-5-4-6-8-16/h4-12,15H,13H2,1-3H3. The van der Waals surface area contributed by atoms with Crippen molar-refractivity contribution < 1.29 is 4.79 Å². The lowest BCUT2D eigenvalue weighted by Gasteiger charge is -2.23. The number of benzene rings is 2. The van der Waals surface area contributed by atoms with E-state index in [0.29, 0.717) is 0 Å². The van der Waals surface area contributed by atoms with Crippen molar-refractivity contribution in [2.45, 2.75) is 13.8 Å². The summed E-state index contributed by atoms with van der Waals surface area (Å²) in [5.41, 5.74) is 3.18. The molecular weight excluding hydrogens is 246 g/mol. The van der Waals surface area contributed by atoms with Crippen molar-refractivity contribution in [3.05, 3.63) is 65.7 Å². The molecule has 0 aliphatic rings. The zero-order chi connectivity index (χ0) is 14.5. The lowest BCUT2D eigenvalue weighted by atomic mass is 9.99. The lowest BCUT2D eigenvalue weighted by molar-refractivity contribution is 0.0933. The van der Waals surface area contributed by atoms with E-state index in [2.05, 4.69) is 36.1 Å². The first-order chi connectivity index (χ1) is 9.58. The van der Waals surface area contributed by atoms with Gasteiger partial charge in [0.05, 0.1) is 0 Å². The number of hydrogen-bond acceptors (Lipinski definition) is 2. The number of carbonyl (C=O) groups is 1. The van der Waals surface area contributed by atoms with E-state index in [1.54, 1.807) is 0 Å². The minimum Gasteiger partial charge on any atom is -0.374 e. The molecule has 0 aliphatic carbocycles. The molecule has 0 spiro atoms. The highest BCUT2D eigenvalue weighted by atomic mass is 16.1. The number of aryl methyl sites for hydroxylation is 1. The highest BCUT2D eigenvalue weighted by Gasteiger charge is 2.16. The molecule has 0 heterocycles. The predicted molar refractivity (Wildman–Crippen MR) is 84.4 cm³/mol. The largest absolute Gasteiger partial charge is 0.374 e. The Bertz CT molecular complexity index is 560. The van der Waals surface area contributed by atoms with Crippen LogP contribution < -0.4 is 4.90 Å². The molecule has 2 heteroatoms. The normalized spacial score (nSPS) is 11.9. The summed E-state index contributed by atoms with van der Waals surface area (Å²) in [7, 11) is 2.03. The maximum absolute atomic E-state index is 12.3. The molecule has 0 aliphatic heterocycles. The molecular formula is C18H21NO. The molecule has 0 amide bonds. The molecule has 104 valence electrons. The molecule has 2 aromatic carbocycles. The Hall–Kier alpha value is -2.09. The second kappa shape index (κ2) is 6.38. The molecule has 2 aromatic rings. The fraction of sp³-hybridized carbons (Fsp3) is 0.278. The molecule has 2 rings (SSSR count). The van der Waals surface area contributed by atoms with Gasteiger partial charge in [-0.25, -0.2) is 0 Å². The summed E-state index contributed by atoms with van der Waals surface area (Å²) in [6.07, 6.45) is 0. The summed E-state index contributed by atoms with van der Waals surface area (Å²) in [5, 5.41) is 0. The summed E-state index contributed by atoms with van der Waals surface area (Å²) in [5.74, 6) is 0.174. The van der Waals surface area contributed by atoms with Crippen LogP contribution in [0.4, 0.5) is 5.69 Å². The summed E-state index contributed by atoms with van der Waals surface area (Å²) < 4.78 is 0. The number of carbonyl (C=O) groups excluding carboxylic acids is 1. The average molecular weight is 267 g/mol. The molecule has 0 aromatic heterocycles. The van der Waals surface area contributed by atoms with Crippen molar-refractivity contribution in [1.82, 2.24) is 0 Å². The molecule has 0 bridgehead atoms. The number of nitrogens with zero attached hydrogens (tertiary/aromatic N) is 1. The van der Waals surface area contributed by atoms with E-state index in [1.165, 1.54) is 5.56 Å². The smallest absolute Gasteiger partial charge is 0.167 e. The zero-order valence-electron chi connectivity index (χ0n) is 12.3. The molecule has 1 atom stereocenters. The van der Waals surface area contributed by atoms with Crippen molar-refractivity contribution >= 4 is 11.5 Å². The maximum atomic E-state index is 12.3. The molecule has 1 unspecified atom stereocenters. The van der Waals surface area contributed by atoms with E-state index in [4.69, 9.17) is 0 Å². The highest BCUT2D eigenvalue weighted by Crippen LogP contribution is 2.16. The Balaban J connectivity index is 2.02. The number of hydrogen-bond donors (Lipinski definition) is 0. The third kappa shape index (κ3) is 3.47. The fourth-order valence-electron chi connectivity index (χ4n) is 2.29. The maximum Gasteiger partial charge on any atom is 0.167 e. The van der Waals surface area contributed by atoms with E-state index in [-0.39, 0.29) is 11.7 Å². The van der Waals surface area contributed by atoms with Crippen LogP contribution in [0, 0.1) is 12.8 Å². The summed E-state index contributed by atoms with van der Waals surface area (Å²) in [6.45, 7) is 4.78. The molecule has 20 heavy (non-hydrogen) atoms. The van der Waals surface area contributed by atoms with Crippen LogP contribution in [0.1, 0.15) is 22.8 Å². The topological polar surface area (TPSA) is 20.3 Å². The Morgan fingerprint density at radius 1 is 1.05 bits per heavy atom. The molecule has 0 N–H and O–H groups in total. The van der Waals surface area contributed by atoms with E-state index in [0.717, 1.165) is 17.8 Å². The zero-order valence-corrected chi connectivity index (χ0v) is 12.3. The number of Topliss-reactive ketones (excluding diaryl/α,β-unsaturated/α-hetero) is 1. The van der Waals surface area contributed by atoms with Gasteiger partial charge in [0.2, 0.25) is 0 Å². The minimum absolute atomic E-state index is 0.0243. The molecule has 0 saturated carbocycles. The van der Waals surface area contributed by atoms with Crippen LogP contribution in [0.5, 0.6) is 0 Å². The molecule has 0 saturated heterocycles. The van der Waals surface area contributed by atoms with Gasteiger partial charge in [0, 0.05) is 30.8 Å². The SMILES string of the molecule is Cc1ccc(N(C)CC(C)C(=O)c2ccccc2)cc1. The number of ketones is 1. The van der Waals surface area contributed by atoms with Gasteiger partial charge in [-0.05, 0) is 19.1 Å². The van der Waals surface area contributed by atoms with Crippen LogP contribution in [0.25, 0.3) is 0 Å². The van der Waals surface area contributed by atoms with Crippen molar-refractivity contribution in [1.29, 1.82) is 0 Å². The van der Waals surface area contributed by atoms with Crippen molar-refractivity contribution in [2.24, 2.45) is 5.92 Å². The first-order valence-electron chi connectivity index (χ1n) is 6.95. The van der Waals surface area contributed by atoms with Crippen LogP contribution >= 0.6 is 0 Å². The van der Waals surface area contributed by atoms with E-state index >= 15 is 0 Å². The minimum atomic E-state index is -0.0243. The Kier molecular flexibility index (Phi) is 4.57. The van der Waals surface area contributed by atoms with Gasteiger partial charge in [-0.2, -0.15) is 0 Å². The van der Waals surface area contributed by atoms with Crippen molar-refractivity contribution in [3.63, 3.8) is 0 Å². The van der Waals surface area contributed by atoms with Gasteiger partial charge in [-0.15, -0.1) is 0 Å². The van der Waals surface area contributed by atoms with E-state index < -0.39 is 0 Å².